The highest BCUT2D eigenvalue weighted by molar-refractivity contribution is 5.69. The summed E-state index contributed by atoms with van der Waals surface area (Å²) in [5, 5.41) is 0. The van der Waals surface area contributed by atoms with Gasteiger partial charge in [0.15, 0.2) is 12.1 Å². The van der Waals surface area contributed by atoms with E-state index in [0.717, 1.165) is 12.8 Å². The molecule has 0 aliphatic carbocycles. The van der Waals surface area contributed by atoms with Crippen LogP contribution >= 0.6 is 0 Å². The molecule has 0 heterocycles. The molecule has 2 heteroatoms. The van der Waals surface area contributed by atoms with Crippen LogP contribution in [0.1, 0.15) is 84.0 Å². The van der Waals surface area contributed by atoms with E-state index < -0.39 is 5.83 Å². The first-order chi connectivity index (χ1) is 8.81. The van der Waals surface area contributed by atoms with E-state index in [1.807, 2.05) is 0 Å². The molecule has 0 aromatic heterocycles. The molecule has 0 aromatic carbocycles. The SMILES string of the molecule is CCCCCCCCCCCCCC=C(F)C=O. The fourth-order valence-electron chi connectivity index (χ4n) is 2.10. The largest absolute Gasteiger partial charge is 0.295 e. The van der Waals surface area contributed by atoms with Crippen molar-refractivity contribution in [1.29, 1.82) is 0 Å². The summed E-state index contributed by atoms with van der Waals surface area (Å²) in [6, 6.07) is 0. The Morgan fingerprint density at radius 1 is 0.833 bits per heavy atom. The van der Waals surface area contributed by atoms with Crippen molar-refractivity contribution in [3.05, 3.63) is 11.9 Å². The Morgan fingerprint density at radius 3 is 1.72 bits per heavy atom. The first kappa shape index (κ1) is 17.3. The van der Waals surface area contributed by atoms with Crippen LogP contribution in [0, 0.1) is 0 Å². The van der Waals surface area contributed by atoms with Crippen LogP contribution in [-0.2, 0) is 4.79 Å². The lowest BCUT2D eigenvalue weighted by Crippen LogP contribution is -1.82. The van der Waals surface area contributed by atoms with Gasteiger partial charge in [-0.05, 0) is 18.9 Å². The van der Waals surface area contributed by atoms with E-state index in [1.165, 1.54) is 63.9 Å². The lowest BCUT2D eigenvalue weighted by Gasteiger charge is -2.01. The van der Waals surface area contributed by atoms with Crippen molar-refractivity contribution in [1.82, 2.24) is 0 Å². The zero-order valence-electron chi connectivity index (χ0n) is 11.9. The number of rotatable bonds is 13. The van der Waals surface area contributed by atoms with E-state index >= 15 is 0 Å². The van der Waals surface area contributed by atoms with E-state index in [2.05, 4.69) is 6.92 Å². The molecule has 0 fully saturated rings. The molecule has 0 saturated heterocycles. The van der Waals surface area contributed by atoms with Crippen LogP contribution in [-0.4, -0.2) is 6.29 Å². The van der Waals surface area contributed by atoms with Gasteiger partial charge in [-0.3, -0.25) is 4.79 Å². The zero-order chi connectivity index (χ0) is 13.5. The Labute approximate surface area is 112 Å². The average molecular weight is 256 g/mol. The number of halogens is 1. The number of carbonyl (C=O) groups excluding carboxylic acids is 1. The zero-order valence-corrected chi connectivity index (χ0v) is 11.9. The van der Waals surface area contributed by atoms with Gasteiger partial charge in [0, 0.05) is 0 Å². The van der Waals surface area contributed by atoms with Crippen LogP contribution in [0.15, 0.2) is 11.9 Å². The van der Waals surface area contributed by atoms with Gasteiger partial charge in [0.25, 0.3) is 0 Å². The molecule has 0 atom stereocenters. The van der Waals surface area contributed by atoms with E-state index in [-0.39, 0.29) is 6.29 Å². The van der Waals surface area contributed by atoms with Gasteiger partial charge in [0.2, 0.25) is 0 Å². The number of carbonyl (C=O) groups is 1. The minimum Gasteiger partial charge on any atom is -0.295 e. The second-order valence-corrected chi connectivity index (χ2v) is 5.03. The molecule has 0 bridgehead atoms. The standard InChI is InChI=1S/C16H29FO/c1-2-3-4-5-6-7-8-9-10-11-12-13-14-16(17)15-18/h14-15H,2-13H2,1H3. The third-order valence-corrected chi connectivity index (χ3v) is 3.26. The first-order valence-corrected chi connectivity index (χ1v) is 7.62. The summed E-state index contributed by atoms with van der Waals surface area (Å²) in [6.07, 6.45) is 16.6. The second-order valence-electron chi connectivity index (χ2n) is 5.03. The quantitative estimate of drug-likeness (QED) is 0.233. The van der Waals surface area contributed by atoms with E-state index in [9.17, 15) is 9.18 Å². The Bertz CT molecular complexity index is 211. The first-order valence-electron chi connectivity index (χ1n) is 7.62. The lowest BCUT2D eigenvalue weighted by atomic mass is 10.1. The van der Waals surface area contributed by atoms with Gasteiger partial charge in [-0.15, -0.1) is 0 Å². The van der Waals surface area contributed by atoms with Crippen molar-refractivity contribution < 1.29 is 9.18 Å². The fourth-order valence-corrected chi connectivity index (χ4v) is 2.10. The van der Waals surface area contributed by atoms with Crippen molar-refractivity contribution in [3.63, 3.8) is 0 Å². The summed E-state index contributed by atoms with van der Waals surface area (Å²) >= 11 is 0. The maximum absolute atomic E-state index is 12.4. The molecule has 0 N–H and O–H groups in total. The monoisotopic (exact) mass is 256 g/mol. The van der Waals surface area contributed by atoms with Crippen molar-refractivity contribution >= 4 is 6.29 Å². The molecule has 0 spiro atoms. The minimum atomic E-state index is -0.623. The molecule has 106 valence electrons. The summed E-state index contributed by atoms with van der Waals surface area (Å²) < 4.78 is 12.4. The molecular weight excluding hydrogens is 227 g/mol. The lowest BCUT2D eigenvalue weighted by molar-refractivity contribution is -0.106. The number of hydrogen-bond donors (Lipinski definition) is 0. The van der Waals surface area contributed by atoms with Crippen LogP contribution < -0.4 is 0 Å². The summed E-state index contributed by atoms with van der Waals surface area (Å²) in [4.78, 5) is 9.99. The van der Waals surface area contributed by atoms with E-state index in [1.54, 1.807) is 0 Å². The molecule has 1 nitrogen and oxygen atoms in total. The normalized spacial score (nSPS) is 11.8. The highest BCUT2D eigenvalue weighted by Crippen LogP contribution is 2.12. The van der Waals surface area contributed by atoms with E-state index in [0.29, 0.717) is 6.42 Å². The van der Waals surface area contributed by atoms with E-state index in [4.69, 9.17) is 0 Å². The molecule has 0 aromatic rings. The predicted molar refractivity (Wildman–Crippen MR) is 76.3 cm³/mol. The smallest absolute Gasteiger partial charge is 0.178 e. The van der Waals surface area contributed by atoms with Crippen molar-refractivity contribution in [2.45, 2.75) is 84.0 Å². The van der Waals surface area contributed by atoms with Crippen molar-refractivity contribution in [2.24, 2.45) is 0 Å². The summed E-state index contributed by atoms with van der Waals surface area (Å²) in [7, 11) is 0. The van der Waals surface area contributed by atoms with Gasteiger partial charge >= 0.3 is 0 Å². The van der Waals surface area contributed by atoms with Gasteiger partial charge in [-0.2, -0.15) is 0 Å². The van der Waals surface area contributed by atoms with Gasteiger partial charge < -0.3 is 0 Å². The summed E-state index contributed by atoms with van der Waals surface area (Å²) in [5.74, 6) is -0.623. The fraction of sp³-hybridized carbons (Fsp3) is 0.812. The number of unbranched alkanes of at least 4 members (excludes halogenated alkanes) is 11. The van der Waals surface area contributed by atoms with Crippen LogP contribution in [0.4, 0.5) is 4.39 Å². The number of hydrogen-bond acceptors (Lipinski definition) is 1. The van der Waals surface area contributed by atoms with Crippen molar-refractivity contribution in [3.8, 4) is 0 Å². The molecule has 18 heavy (non-hydrogen) atoms. The van der Waals surface area contributed by atoms with Crippen LogP contribution in [0.25, 0.3) is 0 Å². The molecular formula is C16H29FO. The third kappa shape index (κ3) is 13.4. The Kier molecular flexibility index (Phi) is 13.9. The molecule has 0 rings (SSSR count). The van der Waals surface area contributed by atoms with Crippen LogP contribution in [0.2, 0.25) is 0 Å². The molecule has 0 aliphatic rings. The molecule has 0 unspecified atom stereocenters. The Morgan fingerprint density at radius 2 is 1.28 bits per heavy atom. The highest BCUT2D eigenvalue weighted by Gasteiger charge is 1.93. The maximum Gasteiger partial charge on any atom is 0.178 e. The predicted octanol–water partition coefficient (Wildman–Crippen LogP) is 5.74. The average Bonchev–Trinajstić information content (AvgIpc) is 2.39. The molecule has 0 saturated carbocycles. The van der Waals surface area contributed by atoms with Gasteiger partial charge in [0.1, 0.15) is 0 Å². The Hall–Kier alpha value is -0.660. The molecule has 0 amide bonds. The highest BCUT2D eigenvalue weighted by atomic mass is 19.1. The Balaban J connectivity index is 3.05. The summed E-state index contributed by atoms with van der Waals surface area (Å²) in [5.41, 5.74) is 0. The topological polar surface area (TPSA) is 17.1 Å². The van der Waals surface area contributed by atoms with Gasteiger partial charge in [-0.1, -0.05) is 71.1 Å². The summed E-state index contributed by atoms with van der Waals surface area (Å²) in [6.45, 7) is 2.25. The van der Waals surface area contributed by atoms with Crippen LogP contribution in [0.3, 0.4) is 0 Å². The molecule has 0 radical (unpaired) electrons. The number of aldehydes is 1. The van der Waals surface area contributed by atoms with Crippen LogP contribution in [0.5, 0.6) is 0 Å². The number of allylic oxidation sites excluding steroid dienone is 2. The third-order valence-electron chi connectivity index (χ3n) is 3.26. The second kappa shape index (κ2) is 14.4. The van der Waals surface area contributed by atoms with Gasteiger partial charge in [0.05, 0.1) is 0 Å². The van der Waals surface area contributed by atoms with Crippen molar-refractivity contribution in [2.75, 3.05) is 0 Å². The van der Waals surface area contributed by atoms with Gasteiger partial charge in [-0.25, -0.2) is 4.39 Å². The molecule has 0 aliphatic heterocycles. The minimum absolute atomic E-state index is 0.276. The maximum atomic E-state index is 12.4.